The Morgan fingerprint density at radius 1 is 1.07 bits per heavy atom. The Morgan fingerprint density at radius 3 is 2.50 bits per heavy atom. The van der Waals surface area contributed by atoms with Crippen molar-refractivity contribution in [1.82, 2.24) is 20.3 Å². The van der Waals surface area contributed by atoms with E-state index in [0.29, 0.717) is 17.8 Å². The zero-order valence-electron chi connectivity index (χ0n) is 15.6. The van der Waals surface area contributed by atoms with Gasteiger partial charge in [-0.2, -0.15) is 17.6 Å². The van der Waals surface area contributed by atoms with Crippen molar-refractivity contribution >= 4 is 11.4 Å². The Bertz CT molecular complexity index is 1160. The lowest BCUT2D eigenvalue weighted by Gasteiger charge is -2.20. The van der Waals surface area contributed by atoms with Gasteiger partial charge in [0.1, 0.15) is 0 Å². The van der Waals surface area contributed by atoms with E-state index in [9.17, 15) is 18.0 Å². The summed E-state index contributed by atoms with van der Waals surface area (Å²) in [7, 11) is 0. The molecule has 2 N–H and O–H groups in total. The van der Waals surface area contributed by atoms with Crippen molar-refractivity contribution in [3.8, 4) is 0 Å². The van der Waals surface area contributed by atoms with E-state index in [2.05, 4.69) is 20.3 Å². The van der Waals surface area contributed by atoms with Gasteiger partial charge >= 0.3 is 6.18 Å². The molecular weight excluding hydrogens is 395 g/mol. The van der Waals surface area contributed by atoms with E-state index in [1.807, 2.05) is 6.07 Å². The summed E-state index contributed by atoms with van der Waals surface area (Å²) >= 11 is 0. The number of fused-ring (bicyclic) bond motifs is 1. The average Bonchev–Trinajstić information content (AvgIpc) is 3.11. The van der Waals surface area contributed by atoms with Crippen LogP contribution in [0.3, 0.4) is 0 Å². The molecule has 4 rings (SSSR count). The lowest BCUT2D eigenvalue weighted by atomic mass is 10.1. The number of hydrogen-bond donors (Lipinski definition) is 2. The third kappa shape index (κ3) is 4.00. The highest BCUT2D eigenvalue weighted by atomic mass is 19.4. The molecule has 152 valence electrons. The minimum atomic E-state index is -4.67. The number of pyridine rings is 3. The molecule has 0 aliphatic rings. The van der Waals surface area contributed by atoms with Crippen LogP contribution < -0.4 is 9.72 Å². The summed E-state index contributed by atoms with van der Waals surface area (Å²) in [5.41, 5.74) is 1.28. The summed E-state index contributed by atoms with van der Waals surface area (Å²) in [4.78, 5) is 23.7. The smallest absolute Gasteiger partial charge is 0.333 e. The predicted molar refractivity (Wildman–Crippen MR) is 101 cm³/mol. The molecule has 0 fully saturated rings. The van der Waals surface area contributed by atoms with Gasteiger partial charge in [0.05, 0.1) is 12.6 Å². The second-order valence-electron chi connectivity index (χ2n) is 6.68. The first kappa shape index (κ1) is 19.6. The van der Waals surface area contributed by atoms with Gasteiger partial charge in [-0.3, -0.25) is 14.8 Å². The third-order valence-corrected chi connectivity index (χ3v) is 4.62. The largest absolute Gasteiger partial charge is 0.412 e. The SMILES string of the molecule is O=C(NC(c1cccnc1)C(F)(F)F)c1[nH]c(Cc2cccnc2)[n+]2ccccc12. The number of H-pyrrole nitrogens is 1. The summed E-state index contributed by atoms with van der Waals surface area (Å²) < 4.78 is 42.6. The molecule has 0 aliphatic carbocycles. The van der Waals surface area contributed by atoms with Gasteiger partial charge in [0.15, 0.2) is 11.6 Å². The van der Waals surface area contributed by atoms with Crippen LogP contribution in [0.1, 0.15) is 33.5 Å². The van der Waals surface area contributed by atoms with Gasteiger partial charge in [-0.15, -0.1) is 0 Å². The topological polar surface area (TPSA) is 74.8 Å². The monoisotopic (exact) mass is 412 g/mol. The molecule has 30 heavy (non-hydrogen) atoms. The average molecular weight is 412 g/mol. The number of imidazole rings is 1. The maximum absolute atomic E-state index is 13.6. The number of nitrogens with zero attached hydrogens (tertiary/aromatic N) is 3. The van der Waals surface area contributed by atoms with Crippen LogP contribution in [0.4, 0.5) is 13.2 Å². The second kappa shape index (κ2) is 7.94. The van der Waals surface area contributed by atoms with Crippen LogP contribution in [0.25, 0.3) is 5.52 Å². The standard InChI is InChI=1S/C21H16F3N5O/c22-21(23,24)19(15-6-4-9-26-13-15)28-20(30)18-16-7-1-2-10-29(16)17(27-18)11-14-5-3-8-25-12-14/h1-10,12-13,19H,11H2,(H,28,30)/p+1. The number of aromatic amines is 1. The molecule has 6 nitrogen and oxygen atoms in total. The van der Waals surface area contributed by atoms with Gasteiger partial charge in [0.25, 0.3) is 11.7 Å². The predicted octanol–water partition coefficient (Wildman–Crippen LogP) is 3.17. The Labute approximate surface area is 169 Å². The summed E-state index contributed by atoms with van der Waals surface area (Å²) in [6.45, 7) is 0. The molecule has 0 saturated heterocycles. The summed E-state index contributed by atoms with van der Waals surface area (Å²) in [5, 5.41) is 2.10. The van der Waals surface area contributed by atoms with E-state index < -0.39 is 18.1 Å². The molecule has 0 radical (unpaired) electrons. The summed E-state index contributed by atoms with van der Waals surface area (Å²) in [6, 6.07) is 9.34. The molecule has 0 aromatic carbocycles. The maximum Gasteiger partial charge on any atom is 0.412 e. The van der Waals surface area contributed by atoms with Gasteiger partial charge < -0.3 is 5.32 Å². The molecule has 1 atom stereocenters. The molecule has 0 saturated carbocycles. The van der Waals surface area contributed by atoms with Crippen molar-refractivity contribution in [2.24, 2.45) is 0 Å². The van der Waals surface area contributed by atoms with E-state index in [1.165, 1.54) is 18.3 Å². The Morgan fingerprint density at radius 2 is 1.83 bits per heavy atom. The Hall–Kier alpha value is -3.75. The quantitative estimate of drug-likeness (QED) is 0.495. The maximum atomic E-state index is 13.6. The van der Waals surface area contributed by atoms with Gasteiger partial charge in [-0.25, -0.2) is 4.98 Å². The highest BCUT2D eigenvalue weighted by Crippen LogP contribution is 2.32. The minimum Gasteiger partial charge on any atom is -0.333 e. The van der Waals surface area contributed by atoms with E-state index in [1.54, 1.807) is 47.3 Å². The third-order valence-electron chi connectivity index (χ3n) is 4.62. The molecule has 0 aliphatic heterocycles. The van der Waals surface area contributed by atoms with Crippen LogP contribution in [0.5, 0.6) is 0 Å². The molecule has 4 aromatic heterocycles. The summed E-state index contributed by atoms with van der Waals surface area (Å²) in [6.07, 6.45) is 3.31. The number of amides is 1. The molecule has 1 amide bonds. The zero-order valence-corrected chi connectivity index (χ0v) is 15.6. The molecular formula is C21H17F3N5O+. The van der Waals surface area contributed by atoms with Crippen molar-refractivity contribution in [3.05, 3.63) is 96.1 Å². The number of hydrogen-bond acceptors (Lipinski definition) is 3. The van der Waals surface area contributed by atoms with Crippen LogP contribution in [0, 0.1) is 0 Å². The zero-order chi connectivity index (χ0) is 21.1. The van der Waals surface area contributed by atoms with Gasteiger partial charge in [0.2, 0.25) is 5.69 Å². The Balaban J connectivity index is 1.69. The lowest BCUT2D eigenvalue weighted by molar-refractivity contribution is -0.520. The first-order chi connectivity index (χ1) is 14.4. The fourth-order valence-corrected chi connectivity index (χ4v) is 3.25. The van der Waals surface area contributed by atoms with Crippen LogP contribution in [0.2, 0.25) is 0 Å². The fourth-order valence-electron chi connectivity index (χ4n) is 3.25. The van der Waals surface area contributed by atoms with Crippen molar-refractivity contribution in [3.63, 3.8) is 0 Å². The van der Waals surface area contributed by atoms with Gasteiger partial charge in [-0.05, 0) is 29.8 Å². The number of alkyl halides is 3. The van der Waals surface area contributed by atoms with Gasteiger partial charge in [-0.1, -0.05) is 18.2 Å². The van der Waals surface area contributed by atoms with Crippen LogP contribution in [-0.4, -0.2) is 27.0 Å². The van der Waals surface area contributed by atoms with E-state index >= 15 is 0 Å². The van der Waals surface area contributed by atoms with E-state index in [0.717, 1.165) is 11.8 Å². The first-order valence-corrected chi connectivity index (χ1v) is 9.11. The number of aromatic nitrogens is 4. The summed E-state index contributed by atoms with van der Waals surface area (Å²) in [5.74, 6) is -0.212. The molecule has 0 bridgehead atoms. The van der Waals surface area contributed by atoms with Crippen molar-refractivity contribution in [1.29, 1.82) is 0 Å². The molecule has 1 unspecified atom stereocenters. The van der Waals surface area contributed by atoms with Crippen LogP contribution in [-0.2, 0) is 6.42 Å². The second-order valence-corrected chi connectivity index (χ2v) is 6.68. The normalized spacial score (nSPS) is 12.6. The van der Waals surface area contributed by atoms with Crippen molar-refractivity contribution < 1.29 is 22.4 Å². The number of nitrogens with one attached hydrogen (secondary N) is 2. The highest BCUT2D eigenvalue weighted by Gasteiger charge is 2.43. The number of halogens is 3. The number of carbonyl (C=O) groups excluding carboxylic acids is 1. The van der Waals surface area contributed by atoms with Gasteiger partial charge in [0, 0.05) is 30.4 Å². The van der Waals surface area contributed by atoms with Crippen LogP contribution in [0.15, 0.2) is 73.4 Å². The van der Waals surface area contributed by atoms with Crippen molar-refractivity contribution in [2.75, 3.05) is 0 Å². The molecule has 9 heteroatoms. The van der Waals surface area contributed by atoms with Crippen LogP contribution >= 0.6 is 0 Å². The first-order valence-electron chi connectivity index (χ1n) is 9.11. The molecule has 4 heterocycles. The minimum absolute atomic E-state index is 0.0487. The van der Waals surface area contributed by atoms with Crippen molar-refractivity contribution in [2.45, 2.75) is 18.6 Å². The molecule has 0 spiro atoms. The number of carbonyl (C=O) groups is 1. The molecule has 4 aromatic rings. The lowest BCUT2D eigenvalue weighted by Crippen LogP contribution is -2.38. The Kier molecular flexibility index (Phi) is 5.18. The number of rotatable bonds is 5. The fraction of sp³-hybridized carbons (Fsp3) is 0.143. The van der Waals surface area contributed by atoms with E-state index in [4.69, 9.17) is 0 Å². The highest BCUT2D eigenvalue weighted by molar-refractivity contribution is 5.98. The van der Waals surface area contributed by atoms with E-state index in [-0.39, 0.29) is 11.3 Å².